The molecule has 2 aliphatic rings. The molecule has 1 aliphatic heterocycles. The molecular weight excluding hydrogens is 605 g/mol. The maximum absolute atomic E-state index is 13.6. The van der Waals surface area contributed by atoms with Gasteiger partial charge in [0.2, 0.25) is 5.27 Å². The summed E-state index contributed by atoms with van der Waals surface area (Å²) in [4.78, 5) is 43.8. The van der Waals surface area contributed by atoms with Gasteiger partial charge in [0.25, 0.3) is 18.0 Å². The largest absolute Gasteiger partial charge is 0.861 e. The van der Waals surface area contributed by atoms with Gasteiger partial charge in [-0.05, 0) is 59.3 Å². The fourth-order valence-electron chi connectivity index (χ4n) is 5.78. The molecule has 46 heavy (non-hydrogen) atoms. The van der Waals surface area contributed by atoms with Gasteiger partial charge >= 0.3 is 18.1 Å². The Balaban J connectivity index is 1.12. The Morgan fingerprint density at radius 3 is 2.39 bits per heavy atom. The first-order valence-electron chi connectivity index (χ1n) is 14.5. The minimum absolute atomic E-state index is 0.0877. The fraction of sp³-hybridized carbons (Fsp3) is 0.250. The average Bonchev–Trinajstić information content (AvgIpc) is 3.59. The number of imide groups is 1. The quantitative estimate of drug-likeness (QED) is 0.127. The highest BCUT2D eigenvalue weighted by atomic mass is 19.4. The Labute approximate surface area is 260 Å². The predicted molar refractivity (Wildman–Crippen MR) is 156 cm³/mol. The summed E-state index contributed by atoms with van der Waals surface area (Å²) >= 11 is 0. The van der Waals surface area contributed by atoms with Crippen LogP contribution < -0.4 is 20.4 Å². The number of aromatic nitrogens is 2. The number of fused-ring (bicyclic) bond motifs is 1. The number of amides is 4. The second-order valence-corrected chi connectivity index (χ2v) is 11.1. The number of benzene rings is 3. The molecule has 0 spiro atoms. The van der Waals surface area contributed by atoms with E-state index >= 15 is 0 Å². The van der Waals surface area contributed by atoms with Gasteiger partial charge in [-0.1, -0.05) is 42.5 Å². The number of alkyl halides is 3. The molecule has 2 atom stereocenters. The first-order chi connectivity index (χ1) is 22.0. The van der Waals surface area contributed by atoms with Crippen LogP contribution in [0.5, 0.6) is 0 Å². The summed E-state index contributed by atoms with van der Waals surface area (Å²) in [7, 11) is 0. The first kappa shape index (κ1) is 30.5. The normalized spacial score (nSPS) is 18.4. The molecule has 1 aromatic heterocycles. The zero-order valence-electron chi connectivity index (χ0n) is 24.2. The molecule has 4 amide bonds. The van der Waals surface area contributed by atoms with E-state index < -0.39 is 23.7 Å². The van der Waals surface area contributed by atoms with E-state index in [0.29, 0.717) is 42.4 Å². The highest BCUT2D eigenvalue weighted by Gasteiger charge is 2.43. The number of hydrogen-bond acceptors (Lipinski definition) is 7. The van der Waals surface area contributed by atoms with Crippen LogP contribution >= 0.6 is 0 Å². The van der Waals surface area contributed by atoms with E-state index in [4.69, 9.17) is 4.52 Å². The SMILES string of the molecule is O=C(Nc1cc(N=C([O-])Cc2ccccc2)cc(C(F)(F)F)c1)Nc1c[n+]([C@@H]2CCC[C@@H](N3C(=O)c4ccccc4C3=O)C2)no1. The number of halogens is 3. The van der Waals surface area contributed by atoms with Crippen molar-refractivity contribution in [2.75, 3.05) is 10.6 Å². The van der Waals surface area contributed by atoms with Crippen molar-refractivity contribution in [3.8, 4) is 0 Å². The molecule has 1 aliphatic carbocycles. The second kappa shape index (κ2) is 12.5. The molecule has 0 radical (unpaired) electrons. The lowest BCUT2D eigenvalue weighted by molar-refractivity contribution is -0.787. The monoisotopic (exact) mass is 632 g/mol. The molecule has 14 heteroatoms. The minimum atomic E-state index is -4.76. The van der Waals surface area contributed by atoms with Gasteiger partial charge < -0.3 is 10.4 Å². The maximum Gasteiger partial charge on any atom is 0.416 e. The molecule has 11 nitrogen and oxygen atoms in total. The van der Waals surface area contributed by atoms with Crippen molar-refractivity contribution in [3.05, 3.63) is 101 Å². The molecule has 1 saturated carbocycles. The lowest BCUT2D eigenvalue weighted by Gasteiger charge is -2.30. The summed E-state index contributed by atoms with van der Waals surface area (Å²) in [5.41, 5.74) is -0.213. The molecular formula is C32H27F3N6O5. The number of hydrogen-bond donors (Lipinski definition) is 2. The van der Waals surface area contributed by atoms with Crippen molar-refractivity contribution in [1.82, 2.24) is 10.2 Å². The predicted octanol–water partition coefficient (Wildman–Crippen LogP) is 5.04. The molecule has 4 aromatic rings. The van der Waals surface area contributed by atoms with Crippen LogP contribution in [0, 0.1) is 0 Å². The Bertz CT molecular complexity index is 1790. The van der Waals surface area contributed by atoms with E-state index in [2.05, 4.69) is 20.9 Å². The molecule has 0 bridgehead atoms. The summed E-state index contributed by atoms with van der Waals surface area (Å²) in [5, 5.41) is 21.1. The van der Waals surface area contributed by atoms with Crippen molar-refractivity contribution >= 4 is 41.0 Å². The third kappa shape index (κ3) is 6.60. The molecule has 236 valence electrons. The molecule has 6 rings (SSSR count). The standard InChI is InChI=1S/C32H27F3N6O5/c33-32(34,35)20-14-21(36-27(42)13-19-7-2-1-3-8-19)16-22(15-20)37-31(45)38-28-18-40(39-46-28)23-9-6-10-24(17-23)41-29(43)25-11-4-5-12-26(25)30(41)44/h1-5,7-8,11-12,14-16,18,23-24H,6,9-10,13,17H2,(H2-,36,37,38,39,42,45)/t23-,24-/m1/s1. The maximum atomic E-state index is 13.6. The first-order valence-corrected chi connectivity index (χ1v) is 14.5. The van der Waals surface area contributed by atoms with Crippen LogP contribution in [0.2, 0.25) is 0 Å². The number of aliphatic imine (C=N–C) groups is 1. The van der Waals surface area contributed by atoms with Gasteiger partial charge in [-0.2, -0.15) is 13.2 Å². The van der Waals surface area contributed by atoms with Crippen LogP contribution in [0.4, 0.5) is 35.2 Å². The highest BCUT2D eigenvalue weighted by molar-refractivity contribution is 6.21. The number of rotatable bonds is 7. The van der Waals surface area contributed by atoms with Crippen LogP contribution in [0.3, 0.4) is 0 Å². The van der Waals surface area contributed by atoms with Gasteiger partial charge in [0.15, 0.2) is 6.04 Å². The Morgan fingerprint density at radius 1 is 1.00 bits per heavy atom. The number of anilines is 2. The molecule has 0 unspecified atom stereocenters. The van der Waals surface area contributed by atoms with Gasteiger partial charge in [-0.25, -0.2) is 4.79 Å². The Hall–Kier alpha value is -5.53. The summed E-state index contributed by atoms with van der Waals surface area (Å²) in [6.07, 6.45) is -0.992. The average molecular weight is 633 g/mol. The van der Waals surface area contributed by atoms with Gasteiger partial charge in [0.1, 0.15) is 0 Å². The van der Waals surface area contributed by atoms with Gasteiger partial charge in [-0.15, -0.1) is 0 Å². The minimum Gasteiger partial charge on any atom is -0.861 e. The Morgan fingerprint density at radius 2 is 1.70 bits per heavy atom. The summed E-state index contributed by atoms with van der Waals surface area (Å²) in [5.74, 6) is -1.40. The van der Waals surface area contributed by atoms with Gasteiger partial charge in [0.05, 0.1) is 22.4 Å². The van der Waals surface area contributed by atoms with Crippen LogP contribution in [0.1, 0.15) is 63.6 Å². The van der Waals surface area contributed by atoms with E-state index in [1.54, 1.807) is 54.6 Å². The van der Waals surface area contributed by atoms with Gasteiger partial charge in [0, 0.05) is 31.0 Å². The summed E-state index contributed by atoms with van der Waals surface area (Å²) in [6, 6.07) is 16.4. The topological polar surface area (TPSA) is 144 Å². The molecule has 1 fully saturated rings. The van der Waals surface area contributed by atoms with E-state index in [1.165, 1.54) is 15.8 Å². The summed E-state index contributed by atoms with van der Waals surface area (Å²) < 4.78 is 47.6. The van der Waals surface area contributed by atoms with Crippen molar-refractivity contribution in [2.24, 2.45) is 4.99 Å². The summed E-state index contributed by atoms with van der Waals surface area (Å²) in [6.45, 7) is 0. The van der Waals surface area contributed by atoms with E-state index in [-0.39, 0.29) is 47.6 Å². The van der Waals surface area contributed by atoms with Crippen molar-refractivity contribution in [1.29, 1.82) is 0 Å². The molecule has 2 N–H and O–H groups in total. The fourth-order valence-corrected chi connectivity index (χ4v) is 5.78. The lowest BCUT2D eigenvalue weighted by atomic mass is 9.90. The molecule has 0 saturated heterocycles. The van der Waals surface area contributed by atoms with E-state index in [1.807, 2.05) is 0 Å². The number of carbonyl (C=O) groups is 3. The number of urea groups is 1. The third-order valence-corrected chi connectivity index (χ3v) is 7.86. The third-order valence-electron chi connectivity index (χ3n) is 7.86. The van der Waals surface area contributed by atoms with Crippen LogP contribution in [0.25, 0.3) is 0 Å². The zero-order chi connectivity index (χ0) is 32.4. The number of nitrogens with zero attached hydrogens (tertiary/aromatic N) is 4. The van der Waals surface area contributed by atoms with Crippen LogP contribution in [0.15, 0.2) is 88.5 Å². The van der Waals surface area contributed by atoms with Gasteiger partial charge in [-0.3, -0.25) is 29.3 Å². The number of carbonyl (C=O) groups excluding carboxylic acids is 3. The number of nitrogens with one attached hydrogen (secondary N) is 2. The smallest absolute Gasteiger partial charge is 0.416 e. The van der Waals surface area contributed by atoms with E-state index in [9.17, 15) is 32.7 Å². The van der Waals surface area contributed by atoms with Crippen LogP contribution in [-0.2, 0) is 12.6 Å². The lowest BCUT2D eigenvalue weighted by Crippen LogP contribution is -2.49. The van der Waals surface area contributed by atoms with Crippen molar-refractivity contribution in [2.45, 2.75) is 50.4 Å². The van der Waals surface area contributed by atoms with Crippen molar-refractivity contribution in [3.63, 3.8) is 0 Å². The molecule has 2 heterocycles. The van der Waals surface area contributed by atoms with Crippen LogP contribution in [-0.4, -0.2) is 40.0 Å². The zero-order valence-corrected chi connectivity index (χ0v) is 24.2. The van der Waals surface area contributed by atoms with E-state index in [0.717, 1.165) is 18.2 Å². The Kier molecular flexibility index (Phi) is 8.26. The van der Waals surface area contributed by atoms with Crippen molar-refractivity contribution < 1.29 is 41.9 Å². The molecule has 3 aromatic carbocycles. The highest BCUT2D eigenvalue weighted by Crippen LogP contribution is 2.35. The second-order valence-electron chi connectivity index (χ2n) is 11.1.